The molecule has 5 heteroatoms. The minimum atomic E-state index is -0.265. The number of pyridine rings is 1. The first-order chi connectivity index (χ1) is 9.72. The number of aryl methyl sites for hydroxylation is 1. The van der Waals surface area contributed by atoms with Crippen molar-refractivity contribution in [3.8, 4) is 11.8 Å². The average molecular weight is 286 g/mol. The Kier molecular flexibility index (Phi) is 4.88. The predicted octanol–water partition coefficient (Wildman–Crippen LogP) is 1.73. The standard InChI is InChI=1S/C15H14N2O2S/c1-11-9-20-10-13(11)8-17-15(19)14-12(5-3-7-18)4-2-6-16-14/h2,4,6,9-10,18H,7-8H2,1H3,(H,17,19). The Hall–Kier alpha value is -2.16. The summed E-state index contributed by atoms with van der Waals surface area (Å²) in [4.78, 5) is 16.2. The Labute approximate surface area is 121 Å². The molecule has 0 unspecified atom stereocenters. The lowest BCUT2D eigenvalue weighted by atomic mass is 10.1. The van der Waals surface area contributed by atoms with Gasteiger partial charge in [-0.05, 0) is 40.9 Å². The van der Waals surface area contributed by atoms with E-state index in [4.69, 9.17) is 5.11 Å². The maximum atomic E-state index is 12.1. The fourth-order valence-electron chi connectivity index (χ4n) is 1.65. The topological polar surface area (TPSA) is 62.2 Å². The van der Waals surface area contributed by atoms with Crippen LogP contribution in [0, 0.1) is 18.8 Å². The molecule has 1 amide bonds. The summed E-state index contributed by atoms with van der Waals surface area (Å²) in [6, 6.07) is 3.42. The summed E-state index contributed by atoms with van der Waals surface area (Å²) in [6.07, 6.45) is 1.55. The van der Waals surface area contributed by atoms with Crippen molar-refractivity contribution in [2.75, 3.05) is 6.61 Å². The SMILES string of the molecule is Cc1cscc1CNC(=O)c1ncccc1C#CCO. The predicted molar refractivity (Wildman–Crippen MR) is 78.4 cm³/mol. The van der Waals surface area contributed by atoms with Crippen LogP contribution < -0.4 is 5.32 Å². The molecule has 102 valence electrons. The van der Waals surface area contributed by atoms with Crippen LogP contribution >= 0.6 is 11.3 Å². The molecule has 2 aromatic rings. The largest absolute Gasteiger partial charge is 0.384 e. The van der Waals surface area contributed by atoms with E-state index in [0.717, 1.165) is 11.1 Å². The number of hydrogen-bond donors (Lipinski definition) is 2. The van der Waals surface area contributed by atoms with Crippen LogP contribution in [0.25, 0.3) is 0 Å². The number of nitrogens with one attached hydrogen (secondary N) is 1. The first-order valence-corrected chi connectivity index (χ1v) is 7.01. The van der Waals surface area contributed by atoms with Crippen molar-refractivity contribution < 1.29 is 9.90 Å². The summed E-state index contributed by atoms with van der Waals surface area (Å²) in [5, 5.41) is 15.6. The second-order valence-corrected chi connectivity index (χ2v) is 4.87. The minimum Gasteiger partial charge on any atom is -0.384 e. The molecule has 2 rings (SSSR count). The second kappa shape index (κ2) is 6.85. The molecule has 2 heterocycles. The van der Waals surface area contributed by atoms with E-state index in [2.05, 4.69) is 22.1 Å². The summed E-state index contributed by atoms with van der Waals surface area (Å²) in [6.45, 7) is 2.23. The zero-order chi connectivity index (χ0) is 14.4. The molecule has 0 saturated heterocycles. The van der Waals surface area contributed by atoms with E-state index in [1.54, 1.807) is 29.7 Å². The molecule has 0 aliphatic rings. The lowest BCUT2D eigenvalue weighted by molar-refractivity contribution is 0.0945. The maximum absolute atomic E-state index is 12.1. The lowest BCUT2D eigenvalue weighted by Gasteiger charge is -2.06. The van der Waals surface area contributed by atoms with Gasteiger partial charge in [0.05, 0.1) is 5.56 Å². The van der Waals surface area contributed by atoms with Gasteiger partial charge in [-0.2, -0.15) is 11.3 Å². The highest BCUT2D eigenvalue weighted by atomic mass is 32.1. The molecule has 0 fully saturated rings. The summed E-state index contributed by atoms with van der Waals surface area (Å²) < 4.78 is 0. The van der Waals surface area contributed by atoms with Gasteiger partial charge in [-0.15, -0.1) is 0 Å². The number of rotatable bonds is 3. The van der Waals surface area contributed by atoms with Crippen LogP contribution in [0.3, 0.4) is 0 Å². The number of amides is 1. The number of carbonyl (C=O) groups is 1. The summed E-state index contributed by atoms with van der Waals surface area (Å²) in [5.41, 5.74) is 3.06. The highest BCUT2D eigenvalue weighted by molar-refractivity contribution is 7.08. The van der Waals surface area contributed by atoms with Crippen molar-refractivity contribution in [3.63, 3.8) is 0 Å². The normalized spacial score (nSPS) is 9.70. The monoisotopic (exact) mass is 286 g/mol. The average Bonchev–Trinajstić information content (AvgIpc) is 2.88. The number of thiophene rings is 1. The van der Waals surface area contributed by atoms with Crippen molar-refractivity contribution in [1.82, 2.24) is 10.3 Å². The van der Waals surface area contributed by atoms with Gasteiger partial charge in [0, 0.05) is 12.7 Å². The molecule has 0 saturated carbocycles. The summed E-state index contributed by atoms with van der Waals surface area (Å²) >= 11 is 1.61. The Morgan fingerprint density at radius 1 is 1.50 bits per heavy atom. The Bertz CT molecular complexity index is 668. The molecule has 0 radical (unpaired) electrons. The van der Waals surface area contributed by atoms with E-state index < -0.39 is 0 Å². The number of hydrogen-bond acceptors (Lipinski definition) is 4. The van der Waals surface area contributed by atoms with Crippen LogP contribution in [0.2, 0.25) is 0 Å². The second-order valence-electron chi connectivity index (χ2n) is 4.12. The van der Waals surface area contributed by atoms with Gasteiger partial charge in [-0.3, -0.25) is 4.79 Å². The van der Waals surface area contributed by atoms with Gasteiger partial charge in [0.2, 0.25) is 0 Å². The van der Waals surface area contributed by atoms with Gasteiger partial charge >= 0.3 is 0 Å². The fourth-order valence-corrected chi connectivity index (χ4v) is 2.51. The van der Waals surface area contributed by atoms with Crippen molar-refractivity contribution in [2.45, 2.75) is 13.5 Å². The number of nitrogens with zero attached hydrogens (tertiary/aromatic N) is 1. The van der Waals surface area contributed by atoms with Crippen LogP contribution in [0.1, 0.15) is 27.2 Å². The molecular weight excluding hydrogens is 272 g/mol. The van der Waals surface area contributed by atoms with Crippen LogP contribution in [-0.4, -0.2) is 22.6 Å². The van der Waals surface area contributed by atoms with Gasteiger partial charge in [0.15, 0.2) is 0 Å². The third-order valence-electron chi connectivity index (χ3n) is 2.73. The maximum Gasteiger partial charge on any atom is 0.271 e. The molecule has 0 atom stereocenters. The third kappa shape index (κ3) is 3.44. The summed E-state index contributed by atoms with van der Waals surface area (Å²) in [5.74, 6) is 4.99. The molecule has 4 nitrogen and oxygen atoms in total. The highest BCUT2D eigenvalue weighted by Gasteiger charge is 2.11. The first-order valence-electron chi connectivity index (χ1n) is 6.07. The van der Waals surface area contributed by atoms with E-state index in [-0.39, 0.29) is 18.2 Å². The third-order valence-corrected chi connectivity index (χ3v) is 3.64. The molecule has 0 bridgehead atoms. The van der Waals surface area contributed by atoms with Crippen LogP contribution in [0.5, 0.6) is 0 Å². The van der Waals surface area contributed by atoms with E-state index in [1.165, 1.54) is 0 Å². The van der Waals surface area contributed by atoms with Crippen LogP contribution in [-0.2, 0) is 6.54 Å². The Morgan fingerprint density at radius 3 is 3.05 bits per heavy atom. The number of aromatic nitrogens is 1. The van der Waals surface area contributed by atoms with Gasteiger partial charge in [0.25, 0.3) is 5.91 Å². The molecule has 2 N–H and O–H groups in total. The minimum absolute atomic E-state index is 0.246. The van der Waals surface area contributed by atoms with Crippen molar-refractivity contribution in [3.05, 3.63) is 51.5 Å². The fraction of sp³-hybridized carbons (Fsp3) is 0.200. The number of aliphatic hydroxyl groups is 1. The first kappa shape index (κ1) is 14.3. The summed E-state index contributed by atoms with van der Waals surface area (Å²) in [7, 11) is 0. The van der Waals surface area contributed by atoms with Gasteiger partial charge in [0.1, 0.15) is 12.3 Å². The molecule has 2 aromatic heterocycles. The lowest BCUT2D eigenvalue weighted by Crippen LogP contribution is -2.24. The van der Waals surface area contributed by atoms with Crippen LogP contribution in [0.4, 0.5) is 0 Å². The number of carbonyl (C=O) groups excluding carboxylic acids is 1. The molecule has 0 aliphatic carbocycles. The Balaban J connectivity index is 2.11. The van der Waals surface area contributed by atoms with Crippen molar-refractivity contribution >= 4 is 17.2 Å². The van der Waals surface area contributed by atoms with Gasteiger partial charge in [-0.25, -0.2) is 4.98 Å². The quantitative estimate of drug-likeness (QED) is 0.845. The van der Waals surface area contributed by atoms with E-state index >= 15 is 0 Å². The van der Waals surface area contributed by atoms with E-state index in [9.17, 15) is 4.79 Å². The molecule has 0 aliphatic heterocycles. The van der Waals surface area contributed by atoms with Crippen molar-refractivity contribution in [1.29, 1.82) is 0 Å². The molecular formula is C15H14N2O2S. The van der Waals surface area contributed by atoms with E-state index in [0.29, 0.717) is 12.1 Å². The Morgan fingerprint density at radius 2 is 2.35 bits per heavy atom. The zero-order valence-electron chi connectivity index (χ0n) is 11.0. The van der Waals surface area contributed by atoms with Gasteiger partial charge in [-0.1, -0.05) is 11.8 Å². The van der Waals surface area contributed by atoms with E-state index in [1.807, 2.05) is 17.7 Å². The van der Waals surface area contributed by atoms with Crippen LogP contribution in [0.15, 0.2) is 29.1 Å². The zero-order valence-corrected chi connectivity index (χ0v) is 11.8. The molecule has 0 spiro atoms. The van der Waals surface area contributed by atoms with Crippen molar-refractivity contribution in [2.24, 2.45) is 0 Å². The highest BCUT2D eigenvalue weighted by Crippen LogP contribution is 2.13. The van der Waals surface area contributed by atoms with Gasteiger partial charge < -0.3 is 10.4 Å². The smallest absolute Gasteiger partial charge is 0.271 e. The molecule has 20 heavy (non-hydrogen) atoms. The molecule has 0 aromatic carbocycles. The number of aliphatic hydroxyl groups excluding tert-OH is 1.